The van der Waals surface area contributed by atoms with Crippen molar-refractivity contribution in [2.24, 2.45) is 4.99 Å². The van der Waals surface area contributed by atoms with Gasteiger partial charge in [0.1, 0.15) is 11.3 Å². The highest BCUT2D eigenvalue weighted by Crippen LogP contribution is 2.27. The maximum atomic E-state index is 12.9. The second-order valence-electron chi connectivity index (χ2n) is 5.22. The zero-order chi connectivity index (χ0) is 15.7. The van der Waals surface area contributed by atoms with E-state index in [1.165, 1.54) is 0 Å². The van der Waals surface area contributed by atoms with E-state index in [-0.39, 0.29) is 11.5 Å². The zero-order valence-electron chi connectivity index (χ0n) is 11.8. The summed E-state index contributed by atoms with van der Waals surface area (Å²) in [5, 5.41) is 3.23. The van der Waals surface area contributed by atoms with Gasteiger partial charge in [-0.25, -0.2) is 4.79 Å². The fourth-order valence-electron chi connectivity index (χ4n) is 2.47. The molecule has 4 nitrogen and oxygen atoms in total. The van der Waals surface area contributed by atoms with Gasteiger partial charge in [0.15, 0.2) is 0 Å². The normalized spacial score (nSPS) is 21.3. The number of hydrogen-bond donors (Lipinski definition) is 1. The molecule has 1 heterocycles. The van der Waals surface area contributed by atoms with Gasteiger partial charge in [0, 0.05) is 10.6 Å². The van der Waals surface area contributed by atoms with Crippen molar-refractivity contribution in [1.29, 1.82) is 0 Å². The Morgan fingerprint density at radius 2 is 1.64 bits per heavy atom. The van der Waals surface area contributed by atoms with Gasteiger partial charge < -0.3 is 5.32 Å². The van der Waals surface area contributed by atoms with Gasteiger partial charge in [-0.15, -0.1) is 0 Å². The number of carbonyl (C=O) groups is 2. The van der Waals surface area contributed by atoms with Gasteiger partial charge in [0.25, 0.3) is 0 Å². The first kappa shape index (κ1) is 14.5. The third kappa shape index (κ3) is 2.42. The summed E-state index contributed by atoms with van der Waals surface area (Å²) in [7, 11) is 0. The van der Waals surface area contributed by atoms with Crippen LogP contribution >= 0.6 is 11.6 Å². The molecule has 2 amide bonds. The molecular weight excluding hydrogens is 300 g/mol. The molecule has 2 aromatic carbocycles. The van der Waals surface area contributed by atoms with Crippen molar-refractivity contribution < 1.29 is 9.59 Å². The number of ketones is 1. The Bertz CT molecular complexity index is 769. The Balaban J connectivity index is 2.08. The third-order valence-corrected chi connectivity index (χ3v) is 3.96. The molecule has 22 heavy (non-hydrogen) atoms. The zero-order valence-corrected chi connectivity index (χ0v) is 12.6. The van der Waals surface area contributed by atoms with E-state index in [2.05, 4.69) is 10.3 Å². The molecule has 0 saturated carbocycles. The first-order valence-corrected chi connectivity index (χ1v) is 7.15. The fourth-order valence-corrected chi connectivity index (χ4v) is 2.59. The van der Waals surface area contributed by atoms with E-state index < -0.39 is 11.6 Å². The maximum Gasteiger partial charge on any atom is 0.342 e. The summed E-state index contributed by atoms with van der Waals surface area (Å²) >= 11 is 5.86. The van der Waals surface area contributed by atoms with E-state index in [0.717, 1.165) is 5.56 Å². The molecule has 1 aliphatic heterocycles. The lowest BCUT2D eigenvalue weighted by atomic mass is 9.82. The molecule has 110 valence electrons. The molecule has 0 spiro atoms. The second kappa shape index (κ2) is 5.39. The molecule has 0 bridgehead atoms. The molecule has 0 radical (unpaired) electrons. The summed E-state index contributed by atoms with van der Waals surface area (Å²) in [5.41, 5.74) is 0.308. The number of halogens is 1. The van der Waals surface area contributed by atoms with Crippen LogP contribution < -0.4 is 5.32 Å². The average Bonchev–Trinajstić information content (AvgIpc) is 2.53. The topological polar surface area (TPSA) is 58.5 Å². The number of aliphatic imine (C=N–C) groups is 1. The van der Waals surface area contributed by atoms with E-state index in [9.17, 15) is 9.59 Å². The lowest BCUT2D eigenvalue weighted by Crippen LogP contribution is -2.55. The number of Topliss-reactive ketones (excluding diaryl/α,β-unsaturated/α-hetero) is 1. The molecule has 1 unspecified atom stereocenters. The molecule has 2 aromatic rings. The van der Waals surface area contributed by atoms with E-state index in [1.807, 2.05) is 30.3 Å². The Hall–Kier alpha value is -2.46. The van der Waals surface area contributed by atoms with Crippen LogP contribution in [0.25, 0.3) is 0 Å². The van der Waals surface area contributed by atoms with Crippen LogP contribution in [0.4, 0.5) is 4.79 Å². The molecule has 0 aliphatic carbocycles. The smallest absolute Gasteiger partial charge is 0.319 e. The monoisotopic (exact) mass is 312 g/mol. The summed E-state index contributed by atoms with van der Waals surface area (Å²) < 4.78 is 0. The highest BCUT2D eigenvalue weighted by Gasteiger charge is 2.43. The van der Waals surface area contributed by atoms with Crippen LogP contribution in [0.15, 0.2) is 59.6 Å². The molecule has 1 atom stereocenters. The van der Waals surface area contributed by atoms with Gasteiger partial charge in [-0.3, -0.25) is 4.79 Å². The largest absolute Gasteiger partial charge is 0.342 e. The number of hydrogen-bond acceptors (Lipinski definition) is 2. The quantitative estimate of drug-likeness (QED) is 0.924. The van der Waals surface area contributed by atoms with Crippen LogP contribution in [0, 0.1) is 0 Å². The highest BCUT2D eigenvalue weighted by molar-refractivity contribution is 6.51. The Morgan fingerprint density at radius 3 is 2.27 bits per heavy atom. The number of nitrogens with zero attached hydrogens (tertiary/aromatic N) is 1. The van der Waals surface area contributed by atoms with E-state index >= 15 is 0 Å². The summed E-state index contributed by atoms with van der Waals surface area (Å²) in [5.74, 6) is -0.249. The standard InChI is InChI=1S/C17H13ClN2O2/c1-17(12-5-3-2-4-6-12)15(21)14(19-16(22)20-17)11-7-9-13(18)10-8-11/h2-10H,1H3,(H,20,22). The minimum atomic E-state index is -1.13. The van der Waals surface area contributed by atoms with Crippen LogP contribution in [0.5, 0.6) is 0 Å². The number of carbonyl (C=O) groups excluding carboxylic acids is 2. The predicted molar refractivity (Wildman–Crippen MR) is 85.3 cm³/mol. The number of nitrogens with one attached hydrogen (secondary N) is 1. The Morgan fingerprint density at radius 1 is 1.00 bits per heavy atom. The molecule has 0 aromatic heterocycles. The summed E-state index contributed by atoms with van der Waals surface area (Å²) in [6.07, 6.45) is 0. The first-order valence-electron chi connectivity index (χ1n) is 6.78. The van der Waals surface area contributed by atoms with Crippen LogP contribution in [-0.2, 0) is 10.3 Å². The lowest BCUT2D eigenvalue weighted by molar-refractivity contribution is -0.118. The fraction of sp³-hybridized carbons (Fsp3) is 0.118. The van der Waals surface area contributed by atoms with Crippen molar-refractivity contribution in [1.82, 2.24) is 5.32 Å². The third-order valence-electron chi connectivity index (χ3n) is 3.71. The Kier molecular flexibility index (Phi) is 3.54. The van der Waals surface area contributed by atoms with Crippen molar-refractivity contribution in [3.63, 3.8) is 0 Å². The molecule has 1 N–H and O–H groups in total. The summed E-state index contributed by atoms with van der Waals surface area (Å²) in [6.45, 7) is 1.69. The highest BCUT2D eigenvalue weighted by atomic mass is 35.5. The maximum absolute atomic E-state index is 12.9. The van der Waals surface area contributed by atoms with Crippen molar-refractivity contribution >= 4 is 29.1 Å². The molecule has 1 aliphatic rings. The average molecular weight is 313 g/mol. The van der Waals surface area contributed by atoms with Gasteiger partial charge in [-0.2, -0.15) is 4.99 Å². The van der Waals surface area contributed by atoms with Crippen LogP contribution in [0.2, 0.25) is 5.02 Å². The number of benzene rings is 2. The molecule has 3 rings (SSSR count). The first-order chi connectivity index (χ1) is 10.5. The van der Waals surface area contributed by atoms with Gasteiger partial charge >= 0.3 is 6.03 Å². The number of urea groups is 1. The molecule has 0 saturated heterocycles. The van der Waals surface area contributed by atoms with Crippen molar-refractivity contribution in [3.05, 3.63) is 70.7 Å². The number of amides is 2. The predicted octanol–water partition coefficient (Wildman–Crippen LogP) is 3.34. The van der Waals surface area contributed by atoms with E-state index in [1.54, 1.807) is 31.2 Å². The Labute approximate surface area is 132 Å². The van der Waals surface area contributed by atoms with Gasteiger partial charge in [0.2, 0.25) is 5.78 Å². The SMILES string of the molecule is CC1(c2ccccc2)NC(=O)N=C(c2ccc(Cl)cc2)C1=O. The number of rotatable bonds is 2. The minimum Gasteiger partial charge on any atom is -0.319 e. The van der Waals surface area contributed by atoms with Gasteiger partial charge in [0.05, 0.1) is 0 Å². The van der Waals surface area contributed by atoms with Crippen LogP contribution in [-0.4, -0.2) is 17.5 Å². The van der Waals surface area contributed by atoms with Crippen molar-refractivity contribution in [2.45, 2.75) is 12.5 Å². The van der Waals surface area contributed by atoms with E-state index in [0.29, 0.717) is 10.6 Å². The van der Waals surface area contributed by atoms with Crippen molar-refractivity contribution in [3.8, 4) is 0 Å². The molecular formula is C17H13ClN2O2. The minimum absolute atomic E-state index is 0.145. The lowest BCUT2D eigenvalue weighted by Gasteiger charge is -2.32. The molecule has 5 heteroatoms. The molecule has 0 fully saturated rings. The van der Waals surface area contributed by atoms with Gasteiger partial charge in [-0.1, -0.05) is 54.1 Å². The van der Waals surface area contributed by atoms with Gasteiger partial charge in [-0.05, 0) is 24.6 Å². The van der Waals surface area contributed by atoms with Crippen LogP contribution in [0.3, 0.4) is 0 Å². The summed E-state index contributed by atoms with van der Waals surface area (Å²) in [4.78, 5) is 28.7. The second-order valence-corrected chi connectivity index (χ2v) is 5.65. The van der Waals surface area contributed by atoms with Crippen LogP contribution in [0.1, 0.15) is 18.1 Å². The van der Waals surface area contributed by atoms with E-state index in [4.69, 9.17) is 11.6 Å². The van der Waals surface area contributed by atoms with Crippen molar-refractivity contribution in [2.75, 3.05) is 0 Å². The summed E-state index contributed by atoms with van der Waals surface area (Å²) in [6, 6.07) is 15.3.